The minimum Gasteiger partial charge on any atom is -0.503 e. The van der Waals surface area contributed by atoms with E-state index in [1.165, 1.54) is 19.4 Å². The van der Waals surface area contributed by atoms with Gasteiger partial charge in [0, 0.05) is 29.6 Å². The Morgan fingerprint density at radius 3 is 2.83 bits per heavy atom. The minimum absolute atomic E-state index is 0.0158. The largest absolute Gasteiger partial charge is 0.503 e. The quantitative estimate of drug-likeness (QED) is 0.889. The Bertz CT molecular complexity index is 711. The van der Waals surface area contributed by atoms with Crippen LogP contribution in [-0.2, 0) is 4.74 Å². The fourth-order valence-corrected chi connectivity index (χ4v) is 3.46. The molecule has 1 aliphatic heterocycles. The standard InChI is InChI=1S/C18H24N2O4/c1-9-10(2)15-16(24-15)18(3,4)8-11(9)20-17(22)13-14(21)12(23-5)6-7-19-13/h6-7,9-11,21H,8H2,1-5H3,(H,20,22)/t9-,10-,11?/m1/s1. The third-order valence-electron chi connectivity index (χ3n) is 5.21. The molecule has 6 nitrogen and oxygen atoms in total. The van der Waals surface area contributed by atoms with E-state index < -0.39 is 5.91 Å². The van der Waals surface area contributed by atoms with Crippen LogP contribution in [0.3, 0.4) is 0 Å². The second-order valence-electron chi connectivity index (χ2n) is 7.32. The number of nitrogens with one attached hydrogen (secondary N) is 1. The van der Waals surface area contributed by atoms with Crippen molar-refractivity contribution in [2.45, 2.75) is 40.2 Å². The van der Waals surface area contributed by atoms with Crippen molar-refractivity contribution in [1.29, 1.82) is 0 Å². The molecular formula is C18H24N2O4. The number of hydrogen-bond acceptors (Lipinski definition) is 5. The van der Waals surface area contributed by atoms with Crippen LogP contribution >= 0.6 is 0 Å². The summed E-state index contributed by atoms with van der Waals surface area (Å²) >= 11 is 0. The maximum atomic E-state index is 12.6. The molecule has 6 heteroatoms. The van der Waals surface area contributed by atoms with Crippen molar-refractivity contribution in [2.24, 2.45) is 17.3 Å². The zero-order valence-electron chi connectivity index (χ0n) is 14.7. The average molecular weight is 332 g/mol. The summed E-state index contributed by atoms with van der Waals surface area (Å²) in [4.78, 5) is 16.6. The minimum atomic E-state index is -0.391. The second-order valence-corrected chi connectivity index (χ2v) is 7.32. The lowest BCUT2D eigenvalue weighted by molar-refractivity contribution is 0.0881. The van der Waals surface area contributed by atoms with Crippen molar-refractivity contribution in [3.05, 3.63) is 29.5 Å². The SMILES string of the molecule is COc1ccnc(C(=O)NC2CC(C)(C)C3=C(O3)[C@H](C)[C@H]2C)c1O. The molecule has 2 heterocycles. The fraction of sp³-hybridized carbons (Fsp3) is 0.556. The Labute approximate surface area is 141 Å². The molecule has 3 atom stereocenters. The van der Waals surface area contributed by atoms with Crippen molar-refractivity contribution in [2.75, 3.05) is 7.11 Å². The summed E-state index contributed by atoms with van der Waals surface area (Å²) in [5, 5.41) is 13.2. The first-order valence-electron chi connectivity index (χ1n) is 8.21. The average Bonchev–Trinajstić information content (AvgIpc) is 3.34. The number of carbonyl (C=O) groups excluding carboxylic acids is 1. The molecule has 0 spiro atoms. The molecule has 0 radical (unpaired) electrons. The fourth-order valence-electron chi connectivity index (χ4n) is 3.46. The Morgan fingerprint density at radius 2 is 2.17 bits per heavy atom. The van der Waals surface area contributed by atoms with Gasteiger partial charge in [-0.05, 0) is 12.3 Å². The van der Waals surface area contributed by atoms with Crippen molar-refractivity contribution < 1.29 is 19.4 Å². The van der Waals surface area contributed by atoms with Crippen LogP contribution in [0.2, 0.25) is 0 Å². The van der Waals surface area contributed by atoms with Gasteiger partial charge in [-0.1, -0.05) is 27.7 Å². The summed E-state index contributed by atoms with van der Waals surface area (Å²) in [6.45, 7) is 8.48. The van der Waals surface area contributed by atoms with Crippen LogP contribution in [0.15, 0.2) is 23.8 Å². The van der Waals surface area contributed by atoms with Crippen molar-refractivity contribution >= 4 is 5.91 Å². The van der Waals surface area contributed by atoms with Gasteiger partial charge in [-0.3, -0.25) is 4.79 Å². The Balaban J connectivity index is 1.82. The van der Waals surface area contributed by atoms with Crippen LogP contribution in [0.1, 0.15) is 44.6 Å². The highest BCUT2D eigenvalue weighted by molar-refractivity contribution is 5.95. The maximum Gasteiger partial charge on any atom is 0.274 e. The molecule has 2 aliphatic rings. The van der Waals surface area contributed by atoms with E-state index in [2.05, 4.69) is 38.0 Å². The van der Waals surface area contributed by atoms with Crippen LogP contribution in [0, 0.1) is 17.3 Å². The van der Waals surface area contributed by atoms with Gasteiger partial charge in [0.25, 0.3) is 5.91 Å². The van der Waals surface area contributed by atoms with E-state index in [1.54, 1.807) is 0 Å². The van der Waals surface area contributed by atoms with Gasteiger partial charge in [0.15, 0.2) is 17.2 Å². The molecule has 1 aliphatic carbocycles. The molecule has 130 valence electrons. The van der Waals surface area contributed by atoms with E-state index in [9.17, 15) is 9.90 Å². The Kier molecular flexibility index (Phi) is 3.94. The van der Waals surface area contributed by atoms with Gasteiger partial charge in [-0.15, -0.1) is 0 Å². The molecule has 2 N–H and O–H groups in total. The molecule has 3 rings (SSSR count). The summed E-state index contributed by atoms with van der Waals surface area (Å²) in [7, 11) is 1.44. The lowest BCUT2D eigenvalue weighted by Gasteiger charge is -2.32. The van der Waals surface area contributed by atoms with Crippen LogP contribution in [-0.4, -0.2) is 29.1 Å². The van der Waals surface area contributed by atoms with Gasteiger partial charge >= 0.3 is 0 Å². The van der Waals surface area contributed by atoms with Crippen molar-refractivity contribution in [3.8, 4) is 11.5 Å². The maximum absolute atomic E-state index is 12.6. The van der Waals surface area contributed by atoms with Crippen molar-refractivity contribution in [3.63, 3.8) is 0 Å². The molecule has 1 aromatic heterocycles. The number of allylic oxidation sites excluding steroid dienone is 2. The molecule has 1 aromatic rings. The van der Waals surface area contributed by atoms with Gasteiger partial charge in [0.2, 0.25) is 0 Å². The molecule has 24 heavy (non-hydrogen) atoms. The highest BCUT2D eigenvalue weighted by Gasteiger charge is 2.49. The molecule has 0 saturated heterocycles. The van der Waals surface area contributed by atoms with Crippen LogP contribution in [0.5, 0.6) is 11.5 Å². The van der Waals surface area contributed by atoms with Gasteiger partial charge in [0.1, 0.15) is 11.5 Å². The first-order valence-corrected chi connectivity index (χ1v) is 8.21. The second kappa shape index (κ2) is 5.69. The summed E-state index contributed by atoms with van der Waals surface area (Å²) in [6, 6.07) is 1.48. The first-order chi connectivity index (χ1) is 11.3. The summed E-state index contributed by atoms with van der Waals surface area (Å²) in [5.41, 5.74) is -0.131. The number of rotatable bonds is 3. The summed E-state index contributed by atoms with van der Waals surface area (Å²) in [5.74, 6) is 2.19. The zero-order chi connectivity index (χ0) is 17.6. The van der Waals surface area contributed by atoms with E-state index >= 15 is 0 Å². The number of carbonyl (C=O) groups is 1. The molecule has 0 aromatic carbocycles. The number of aromatic nitrogens is 1. The van der Waals surface area contributed by atoms with Crippen molar-refractivity contribution in [1.82, 2.24) is 10.3 Å². The monoisotopic (exact) mass is 332 g/mol. The van der Waals surface area contributed by atoms with Crippen LogP contribution in [0.4, 0.5) is 0 Å². The molecule has 1 unspecified atom stereocenters. The number of ether oxygens (including phenoxy) is 2. The topological polar surface area (TPSA) is 84.0 Å². The van der Waals surface area contributed by atoms with E-state index in [4.69, 9.17) is 9.47 Å². The highest BCUT2D eigenvalue weighted by Crippen LogP contribution is 2.53. The third kappa shape index (κ3) is 2.70. The number of aromatic hydroxyl groups is 1. The van der Waals surface area contributed by atoms with Gasteiger partial charge < -0.3 is 19.9 Å². The van der Waals surface area contributed by atoms with Crippen LogP contribution < -0.4 is 10.1 Å². The Hall–Kier alpha value is -2.24. The zero-order valence-corrected chi connectivity index (χ0v) is 14.7. The number of amides is 1. The number of methoxy groups -OCH3 is 1. The normalized spacial score (nSPS) is 27.6. The molecular weight excluding hydrogens is 308 g/mol. The van der Waals surface area contributed by atoms with E-state index in [0.717, 1.165) is 17.9 Å². The van der Waals surface area contributed by atoms with Gasteiger partial charge in [0.05, 0.1) is 7.11 Å². The molecule has 0 saturated carbocycles. The smallest absolute Gasteiger partial charge is 0.274 e. The summed E-state index contributed by atoms with van der Waals surface area (Å²) in [6.07, 6.45) is 2.22. The number of pyridine rings is 1. The van der Waals surface area contributed by atoms with Crippen LogP contribution in [0.25, 0.3) is 0 Å². The van der Waals surface area contributed by atoms with E-state index in [0.29, 0.717) is 0 Å². The van der Waals surface area contributed by atoms with Gasteiger partial charge in [-0.25, -0.2) is 4.98 Å². The highest BCUT2D eigenvalue weighted by atomic mass is 16.6. The first kappa shape index (κ1) is 16.6. The Morgan fingerprint density at radius 1 is 1.46 bits per heavy atom. The van der Waals surface area contributed by atoms with Gasteiger partial charge in [-0.2, -0.15) is 0 Å². The predicted octanol–water partition coefficient (Wildman–Crippen LogP) is 2.84. The summed E-state index contributed by atoms with van der Waals surface area (Å²) < 4.78 is 10.7. The lowest BCUT2D eigenvalue weighted by atomic mass is 9.81. The molecule has 0 fully saturated rings. The molecule has 1 amide bonds. The third-order valence-corrected chi connectivity index (χ3v) is 5.21. The van der Waals surface area contributed by atoms with E-state index in [1.807, 2.05) is 0 Å². The molecule has 0 bridgehead atoms. The predicted molar refractivity (Wildman–Crippen MR) is 88.5 cm³/mol. The van der Waals surface area contributed by atoms with E-state index in [-0.39, 0.29) is 40.5 Å². The number of nitrogens with zero attached hydrogens (tertiary/aromatic N) is 1. The number of hydrogen-bond donors (Lipinski definition) is 2. The lowest BCUT2D eigenvalue weighted by Crippen LogP contribution is -2.43.